The van der Waals surface area contributed by atoms with Gasteiger partial charge in [0.1, 0.15) is 11.2 Å². The van der Waals surface area contributed by atoms with E-state index in [2.05, 4.69) is 46.2 Å². The summed E-state index contributed by atoms with van der Waals surface area (Å²) in [4.78, 5) is 16.6. The van der Waals surface area contributed by atoms with Crippen molar-refractivity contribution in [2.24, 2.45) is 5.73 Å². The molecule has 0 aliphatic heterocycles. The van der Waals surface area contributed by atoms with Crippen LogP contribution >= 0.6 is 15.9 Å². The molecule has 37 heavy (non-hydrogen) atoms. The fourth-order valence-electron chi connectivity index (χ4n) is 3.49. The SMILES string of the molecule is C=C/C=C(\C=C)Cc1ccccc1.NCCn1c(Br)cnc1-c1occc(=O)c1OCc1ccccc1. The van der Waals surface area contributed by atoms with Crippen molar-refractivity contribution in [2.75, 3.05) is 6.54 Å². The van der Waals surface area contributed by atoms with Crippen molar-refractivity contribution >= 4 is 15.9 Å². The van der Waals surface area contributed by atoms with Crippen LogP contribution in [0.4, 0.5) is 0 Å². The Morgan fingerprint density at radius 1 is 1.05 bits per heavy atom. The monoisotopic (exact) mass is 559 g/mol. The number of hydrogen-bond acceptors (Lipinski definition) is 5. The van der Waals surface area contributed by atoms with E-state index in [0.717, 1.165) is 16.6 Å². The number of halogens is 1. The number of allylic oxidation sites excluding steroid dienone is 4. The van der Waals surface area contributed by atoms with E-state index in [1.165, 1.54) is 23.5 Å². The van der Waals surface area contributed by atoms with Crippen molar-refractivity contribution in [1.82, 2.24) is 9.55 Å². The number of benzene rings is 2. The number of imidazole rings is 1. The Morgan fingerprint density at radius 3 is 2.35 bits per heavy atom. The highest BCUT2D eigenvalue weighted by atomic mass is 79.9. The fraction of sp³-hybridized carbons (Fsp3) is 0.133. The van der Waals surface area contributed by atoms with Crippen LogP contribution in [0, 0.1) is 0 Å². The van der Waals surface area contributed by atoms with Gasteiger partial charge in [0.15, 0.2) is 5.82 Å². The second-order valence-electron chi connectivity index (χ2n) is 7.91. The Labute approximate surface area is 225 Å². The summed E-state index contributed by atoms with van der Waals surface area (Å²) in [5.74, 6) is 0.920. The molecule has 0 amide bonds. The predicted molar refractivity (Wildman–Crippen MR) is 152 cm³/mol. The van der Waals surface area contributed by atoms with E-state index in [-0.39, 0.29) is 23.5 Å². The maximum atomic E-state index is 12.3. The van der Waals surface area contributed by atoms with E-state index in [1.54, 1.807) is 12.3 Å². The van der Waals surface area contributed by atoms with Crippen molar-refractivity contribution in [2.45, 2.75) is 19.6 Å². The Bertz CT molecular complexity index is 1380. The summed E-state index contributed by atoms with van der Waals surface area (Å²) in [6, 6.07) is 21.3. The first-order valence-corrected chi connectivity index (χ1v) is 12.5. The van der Waals surface area contributed by atoms with Gasteiger partial charge in [-0.15, -0.1) is 0 Å². The lowest BCUT2D eigenvalue weighted by Crippen LogP contribution is -2.13. The number of hydrogen-bond donors (Lipinski definition) is 1. The zero-order valence-corrected chi connectivity index (χ0v) is 22.1. The minimum atomic E-state index is -0.259. The Kier molecular flexibility index (Phi) is 10.9. The molecule has 4 rings (SSSR count). The third-order valence-corrected chi connectivity index (χ3v) is 5.90. The van der Waals surface area contributed by atoms with E-state index in [1.807, 2.05) is 65.3 Å². The van der Waals surface area contributed by atoms with Crippen LogP contribution in [0.3, 0.4) is 0 Å². The van der Waals surface area contributed by atoms with Gasteiger partial charge in [-0.05, 0) is 39.1 Å². The van der Waals surface area contributed by atoms with E-state index >= 15 is 0 Å². The fourth-order valence-corrected chi connectivity index (χ4v) is 3.93. The van der Waals surface area contributed by atoms with Gasteiger partial charge in [-0.3, -0.25) is 4.79 Å². The van der Waals surface area contributed by atoms with Crippen LogP contribution in [-0.2, 0) is 19.6 Å². The molecule has 0 unspecified atom stereocenters. The van der Waals surface area contributed by atoms with Gasteiger partial charge < -0.3 is 19.5 Å². The normalized spacial score (nSPS) is 10.8. The van der Waals surface area contributed by atoms with Gasteiger partial charge in [-0.2, -0.15) is 0 Å². The van der Waals surface area contributed by atoms with Crippen molar-refractivity contribution in [1.29, 1.82) is 0 Å². The molecular weight excluding hydrogens is 530 g/mol. The quantitative estimate of drug-likeness (QED) is 0.229. The molecule has 0 saturated carbocycles. The average Bonchev–Trinajstić information content (AvgIpc) is 3.29. The molecule has 0 bridgehead atoms. The second kappa shape index (κ2) is 14.6. The Morgan fingerprint density at radius 2 is 1.73 bits per heavy atom. The molecule has 190 valence electrons. The number of aromatic nitrogens is 2. The van der Waals surface area contributed by atoms with Gasteiger partial charge in [-0.25, -0.2) is 4.98 Å². The van der Waals surface area contributed by atoms with E-state index in [9.17, 15) is 4.79 Å². The smallest absolute Gasteiger partial charge is 0.227 e. The third-order valence-electron chi connectivity index (χ3n) is 5.27. The van der Waals surface area contributed by atoms with Gasteiger partial charge in [0.05, 0.1) is 12.5 Å². The maximum Gasteiger partial charge on any atom is 0.227 e. The van der Waals surface area contributed by atoms with Crippen LogP contribution in [0.5, 0.6) is 5.75 Å². The zero-order chi connectivity index (χ0) is 26.5. The number of nitrogens with two attached hydrogens (primary N) is 1. The summed E-state index contributed by atoms with van der Waals surface area (Å²) >= 11 is 3.42. The number of nitrogens with zero attached hydrogens (tertiary/aromatic N) is 2. The average molecular weight is 560 g/mol. The van der Waals surface area contributed by atoms with Crippen LogP contribution in [0.25, 0.3) is 11.6 Å². The first kappa shape index (κ1) is 27.6. The lowest BCUT2D eigenvalue weighted by Gasteiger charge is -2.11. The molecule has 0 aliphatic rings. The Hall–Kier alpha value is -3.94. The molecule has 0 spiro atoms. The molecule has 6 nitrogen and oxygen atoms in total. The summed E-state index contributed by atoms with van der Waals surface area (Å²) in [5, 5.41) is 0. The highest BCUT2D eigenvalue weighted by molar-refractivity contribution is 9.10. The molecule has 0 atom stereocenters. The molecule has 2 N–H and O–H groups in total. The topological polar surface area (TPSA) is 83.3 Å². The summed E-state index contributed by atoms with van der Waals surface area (Å²) < 4.78 is 13.9. The van der Waals surface area contributed by atoms with Crippen LogP contribution in [0.1, 0.15) is 11.1 Å². The number of rotatable bonds is 10. The summed E-state index contributed by atoms with van der Waals surface area (Å²) in [7, 11) is 0. The van der Waals surface area contributed by atoms with Crippen LogP contribution < -0.4 is 15.9 Å². The van der Waals surface area contributed by atoms with Gasteiger partial charge in [0.2, 0.25) is 16.9 Å². The molecule has 0 saturated heterocycles. The second-order valence-corrected chi connectivity index (χ2v) is 8.72. The molecule has 0 radical (unpaired) electrons. The van der Waals surface area contributed by atoms with Crippen LogP contribution in [0.2, 0.25) is 0 Å². The van der Waals surface area contributed by atoms with Crippen molar-refractivity contribution in [3.05, 3.63) is 142 Å². The third kappa shape index (κ3) is 8.03. The molecule has 2 aromatic carbocycles. The van der Waals surface area contributed by atoms with E-state index in [0.29, 0.717) is 18.9 Å². The van der Waals surface area contributed by atoms with Crippen LogP contribution in [-0.4, -0.2) is 16.1 Å². The molecule has 4 aromatic rings. The Balaban J connectivity index is 0.000000248. The van der Waals surface area contributed by atoms with Crippen molar-refractivity contribution < 1.29 is 9.15 Å². The minimum absolute atomic E-state index is 0.137. The highest BCUT2D eigenvalue weighted by Gasteiger charge is 2.19. The molecular formula is C30H30BrN3O3. The first-order valence-electron chi connectivity index (χ1n) is 11.7. The van der Waals surface area contributed by atoms with Gasteiger partial charge >= 0.3 is 0 Å². The largest absolute Gasteiger partial charge is 0.481 e. The lowest BCUT2D eigenvalue weighted by molar-refractivity contribution is 0.294. The van der Waals surface area contributed by atoms with E-state index in [4.69, 9.17) is 14.9 Å². The van der Waals surface area contributed by atoms with Gasteiger partial charge in [0.25, 0.3) is 0 Å². The van der Waals surface area contributed by atoms with Crippen LogP contribution in [0.15, 0.2) is 130 Å². The van der Waals surface area contributed by atoms with E-state index < -0.39 is 0 Å². The first-order chi connectivity index (χ1) is 18.1. The number of ether oxygens (including phenoxy) is 1. The molecule has 2 aromatic heterocycles. The lowest BCUT2D eigenvalue weighted by atomic mass is 10.1. The summed E-state index contributed by atoms with van der Waals surface area (Å²) in [6.07, 6.45) is 9.55. The van der Waals surface area contributed by atoms with Gasteiger partial charge in [0, 0.05) is 19.2 Å². The predicted octanol–water partition coefficient (Wildman–Crippen LogP) is 6.33. The van der Waals surface area contributed by atoms with Gasteiger partial charge in [-0.1, -0.05) is 92.0 Å². The molecule has 7 heteroatoms. The summed E-state index contributed by atoms with van der Waals surface area (Å²) in [6.45, 7) is 8.66. The molecule has 0 fully saturated rings. The maximum absolute atomic E-state index is 12.3. The summed E-state index contributed by atoms with van der Waals surface area (Å²) in [5.41, 5.74) is 8.84. The molecule has 0 aliphatic carbocycles. The minimum Gasteiger partial charge on any atom is -0.481 e. The standard InChI is InChI=1S/C17H16BrN3O3.C13H14/c18-14-10-20-17(21(14)8-7-19)16-15(13(22)6-9-23-16)24-11-12-4-2-1-3-5-12;1-3-8-12(4-2)11-13-9-6-5-7-10-13/h1-6,9-10H,7-8,11,19H2;3-10H,1-2,11H2/b;12-8+. The highest BCUT2D eigenvalue weighted by Crippen LogP contribution is 2.29. The zero-order valence-electron chi connectivity index (χ0n) is 20.6. The van der Waals surface area contributed by atoms with Crippen molar-refractivity contribution in [3.63, 3.8) is 0 Å². The molecule has 2 heterocycles. The van der Waals surface area contributed by atoms with Crippen molar-refractivity contribution in [3.8, 4) is 17.3 Å².